The predicted octanol–water partition coefficient (Wildman–Crippen LogP) is -1.67. The second-order valence-electron chi connectivity index (χ2n) is 13.6. The summed E-state index contributed by atoms with van der Waals surface area (Å²) in [4.78, 5) is 39.3. The molecule has 5 rings (SSSR count). The van der Waals surface area contributed by atoms with Crippen molar-refractivity contribution in [1.29, 1.82) is 0 Å². The highest BCUT2D eigenvalue weighted by Gasteiger charge is 2.36. The van der Waals surface area contributed by atoms with Gasteiger partial charge in [-0.2, -0.15) is 0 Å². The van der Waals surface area contributed by atoms with Crippen LogP contribution in [0.25, 0.3) is 11.1 Å². The third-order valence-corrected chi connectivity index (χ3v) is 10.7. The maximum atomic E-state index is 13.4. The van der Waals surface area contributed by atoms with Crippen LogP contribution >= 0.6 is 0 Å². The highest BCUT2D eigenvalue weighted by atomic mass is 127. The van der Waals surface area contributed by atoms with Crippen LogP contribution < -0.4 is 58.6 Å². The molecule has 4 atom stereocenters. The Morgan fingerprint density at radius 3 is 1.50 bits per heavy atom. The van der Waals surface area contributed by atoms with Gasteiger partial charge in [0.2, 0.25) is 11.8 Å². The normalized spacial score (nSPS) is 25.0. The van der Waals surface area contributed by atoms with E-state index < -0.39 is 0 Å². The largest absolute Gasteiger partial charge is 1.00 e. The lowest BCUT2D eigenvalue weighted by Crippen LogP contribution is -3.00. The fourth-order valence-corrected chi connectivity index (χ4v) is 7.89. The smallest absolute Gasteiger partial charge is 0.230 e. The molecule has 46 heavy (non-hydrogen) atoms. The second kappa shape index (κ2) is 17.1. The van der Waals surface area contributed by atoms with Gasteiger partial charge in [0, 0.05) is 48.6 Å². The Morgan fingerprint density at radius 2 is 1.11 bits per heavy atom. The van der Waals surface area contributed by atoms with E-state index >= 15 is 0 Å². The number of aliphatic hydroxyl groups excluding tert-OH is 2. The van der Waals surface area contributed by atoms with Crippen LogP contribution in [0.5, 0.6) is 0 Å². The number of hydrogen-bond donors (Lipinski definition) is 4. The van der Waals surface area contributed by atoms with E-state index in [-0.39, 0.29) is 78.8 Å². The fourth-order valence-electron chi connectivity index (χ4n) is 7.89. The van der Waals surface area contributed by atoms with Gasteiger partial charge in [0.05, 0.1) is 65.2 Å². The molecule has 0 spiro atoms. The molecular weight excluding hydrogens is 810 g/mol. The van der Waals surface area contributed by atoms with E-state index in [0.29, 0.717) is 47.4 Å². The van der Waals surface area contributed by atoms with E-state index in [1.807, 2.05) is 24.3 Å². The molecule has 2 heterocycles. The average molecular weight is 861 g/mol. The van der Waals surface area contributed by atoms with E-state index in [9.17, 15) is 24.6 Å². The number of ketones is 1. The summed E-state index contributed by atoms with van der Waals surface area (Å²) in [5, 5.41) is 25.0. The van der Waals surface area contributed by atoms with Crippen LogP contribution in [0.15, 0.2) is 36.4 Å². The summed E-state index contributed by atoms with van der Waals surface area (Å²) < 4.78 is 1.63. The Morgan fingerprint density at radius 1 is 0.696 bits per heavy atom. The van der Waals surface area contributed by atoms with Gasteiger partial charge >= 0.3 is 0 Å². The van der Waals surface area contributed by atoms with Crippen molar-refractivity contribution >= 4 is 29.0 Å². The Kier molecular flexibility index (Phi) is 14.5. The van der Waals surface area contributed by atoms with Crippen LogP contribution in [-0.4, -0.2) is 102 Å². The first-order valence-electron chi connectivity index (χ1n) is 16.5. The number of likely N-dealkylation sites (tertiary alicyclic amines) is 2. The number of amides is 2. The van der Waals surface area contributed by atoms with Crippen molar-refractivity contribution in [1.82, 2.24) is 0 Å². The van der Waals surface area contributed by atoms with E-state index in [4.69, 9.17) is 0 Å². The fraction of sp³-hybridized carbons (Fsp3) is 0.571. The van der Waals surface area contributed by atoms with Gasteiger partial charge in [0.15, 0.2) is 5.78 Å². The third-order valence-electron chi connectivity index (χ3n) is 10.7. The van der Waals surface area contributed by atoms with Crippen molar-refractivity contribution < 1.29 is 81.5 Å². The molecule has 254 valence electrons. The van der Waals surface area contributed by atoms with E-state index in [2.05, 4.69) is 24.7 Å². The molecule has 2 fully saturated rings. The van der Waals surface area contributed by atoms with Crippen molar-refractivity contribution in [2.45, 2.75) is 76.3 Å². The molecular formula is C35H50I2N4O5. The summed E-state index contributed by atoms with van der Waals surface area (Å²) in [6, 6.07) is 11.7. The number of piperidine rings is 2. The minimum atomic E-state index is -0.112. The van der Waals surface area contributed by atoms with Crippen LogP contribution in [0, 0.1) is 0 Å². The molecule has 2 aromatic carbocycles. The quantitative estimate of drug-likeness (QED) is 0.129. The van der Waals surface area contributed by atoms with Gasteiger partial charge in [-0.3, -0.25) is 14.4 Å². The molecule has 4 N–H and O–H groups in total. The van der Waals surface area contributed by atoms with E-state index in [1.165, 1.54) is 12.8 Å². The van der Waals surface area contributed by atoms with E-state index in [1.54, 1.807) is 12.1 Å². The monoisotopic (exact) mass is 860 g/mol. The lowest BCUT2D eigenvalue weighted by atomic mass is 9.96. The number of carbonyl (C=O) groups excluding carboxylic acids is 3. The summed E-state index contributed by atoms with van der Waals surface area (Å²) in [6.45, 7) is 3.85. The first kappa shape index (κ1) is 38.8. The number of anilines is 2. The van der Waals surface area contributed by atoms with Gasteiger partial charge in [0.25, 0.3) is 0 Å². The number of hydrogen-bond acceptors (Lipinski definition) is 5. The lowest BCUT2D eigenvalue weighted by Gasteiger charge is -2.44. The summed E-state index contributed by atoms with van der Waals surface area (Å²) in [6.07, 6.45) is 9.10. The second-order valence-corrected chi connectivity index (χ2v) is 13.6. The van der Waals surface area contributed by atoms with Gasteiger partial charge in [-0.25, -0.2) is 0 Å². The Labute approximate surface area is 307 Å². The number of halogens is 2. The number of benzene rings is 2. The predicted molar refractivity (Wildman–Crippen MR) is 172 cm³/mol. The molecule has 9 nitrogen and oxygen atoms in total. The average Bonchev–Trinajstić information content (AvgIpc) is 3.28. The van der Waals surface area contributed by atoms with Crippen molar-refractivity contribution in [3.8, 4) is 11.1 Å². The minimum absolute atomic E-state index is 0. The summed E-state index contributed by atoms with van der Waals surface area (Å²) in [5.74, 6) is -0.262. The number of carbonyl (C=O) groups is 3. The van der Waals surface area contributed by atoms with Gasteiger partial charge in [-0.15, -0.1) is 0 Å². The van der Waals surface area contributed by atoms with Crippen molar-refractivity contribution in [2.24, 2.45) is 0 Å². The Bertz CT molecular complexity index is 1290. The zero-order chi connectivity index (χ0) is 31.3. The Balaban J connectivity index is 0.00000288. The SMILES string of the molecule is C[N+]1(CCC(=O)Nc2ccc3c(c2)C(=O)c2cc(NC(=O)CC[N+]4(C)CCCCC4CCO)ccc2-3)CCCCC1CCO.[I-].[I-]. The summed E-state index contributed by atoms with van der Waals surface area (Å²) in [7, 11) is 4.39. The summed E-state index contributed by atoms with van der Waals surface area (Å²) >= 11 is 0. The summed E-state index contributed by atoms with van der Waals surface area (Å²) in [5.41, 5.74) is 3.97. The maximum absolute atomic E-state index is 13.4. The highest BCUT2D eigenvalue weighted by Crippen LogP contribution is 2.39. The first-order chi connectivity index (χ1) is 21.2. The topological polar surface area (TPSA) is 116 Å². The molecule has 2 aliphatic heterocycles. The number of aliphatic hydroxyl groups is 2. The molecule has 1 aliphatic carbocycles. The third kappa shape index (κ3) is 8.87. The van der Waals surface area contributed by atoms with E-state index in [0.717, 1.165) is 84.8 Å². The van der Waals surface area contributed by atoms with Gasteiger partial charge in [0.1, 0.15) is 0 Å². The number of nitrogens with zero attached hydrogens (tertiary/aromatic N) is 2. The van der Waals surface area contributed by atoms with Crippen LogP contribution in [0.1, 0.15) is 80.1 Å². The minimum Gasteiger partial charge on any atom is -1.00 e. The van der Waals surface area contributed by atoms with Crippen LogP contribution in [0.4, 0.5) is 11.4 Å². The molecule has 0 aromatic heterocycles. The molecule has 0 bridgehead atoms. The van der Waals surface area contributed by atoms with Crippen LogP contribution in [0.2, 0.25) is 0 Å². The number of nitrogens with one attached hydrogen (secondary N) is 2. The molecule has 0 saturated carbocycles. The molecule has 2 amide bonds. The van der Waals surface area contributed by atoms with Crippen molar-refractivity contribution in [3.63, 3.8) is 0 Å². The number of quaternary nitrogens is 2. The van der Waals surface area contributed by atoms with Crippen molar-refractivity contribution in [3.05, 3.63) is 47.5 Å². The molecule has 0 radical (unpaired) electrons. The Hall–Kier alpha value is -1.65. The van der Waals surface area contributed by atoms with Crippen molar-refractivity contribution in [2.75, 3.05) is 64.1 Å². The molecule has 2 aromatic rings. The van der Waals surface area contributed by atoms with Gasteiger partial charge < -0.3 is 77.8 Å². The molecule has 11 heteroatoms. The van der Waals surface area contributed by atoms with Crippen LogP contribution in [0.3, 0.4) is 0 Å². The molecule has 3 aliphatic rings. The first-order valence-corrected chi connectivity index (χ1v) is 16.5. The zero-order valence-corrected chi connectivity index (χ0v) is 31.5. The standard InChI is InChI=1S/C35H48N4O5.2HI/c1-38(17-5-3-7-27(38)15-21-40)19-13-33(42)36-25-9-11-29-30-12-10-26(24-32(30)35(44)31(29)23-25)37-34(43)14-20-39(2)18-6-4-8-28(39)16-22-41;;/h9-12,23-24,27-28,40-41H,3-8,13-22H2,1-2H3;2*1H. The van der Waals surface area contributed by atoms with Gasteiger partial charge in [-0.05, 0) is 73.9 Å². The molecule has 2 saturated heterocycles. The highest BCUT2D eigenvalue weighted by molar-refractivity contribution is 6.22. The number of rotatable bonds is 12. The lowest BCUT2D eigenvalue weighted by molar-refractivity contribution is -0.938. The maximum Gasteiger partial charge on any atom is 0.230 e. The van der Waals surface area contributed by atoms with Crippen LogP contribution in [-0.2, 0) is 9.59 Å². The molecule has 4 unspecified atom stereocenters. The zero-order valence-electron chi connectivity index (χ0n) is 27.2. The van der Waals surface area contributed by atoms with Gasteiger partial charge in [-0.1, -0.05) is 12.1 Å². The number of fused-ring (bicyclic) bond motifs is 3.